The number of aromatic nitrogens is 4. The molecule has 0 unspecified atom stereocenters. The summed E-state index contributed by atoms with van der Waals surface area (Å²) in [6.45, 7) is 0. The first kappa shape index (κ1) is 18.7. The Labute approximate surface area is 162 Å². The Morgan fingerprint density at radius 3 is 2.37 bits per heavy atom. The molecule has 1 aliphatic carbocycles. The summed E-state index contributed by atoms with van der Waals surface area (Å²) in [7, 11) is -3.94. The number of imidazole rings is 1. The predicted octanol–water partition coefficient (Wildman–Crippen LogP) is 3.21. The van der Waals surface area contributed by atoms with Crippen LogP contribution in [-0.2, 0) is 0 Å². The van der Waals surface area contributed by atoms with Gasteiger partial charge in [0.25, 0.3) is 0 Å². The molecule has 0 radical (unpaired) electrons. The van der Waals surface area contributed by atoms with Crippen LogP contribution in [0.15, 0.2) is 36.9 Å². The predicted molar refractivity (Wildman–Crippen MR) is 106 cm³/mol. The number of rotatable bonds is 4. The first-order valence-electron chi connectivity index (χ1n) is 9.02. The molecule has 0 bridgehead atoms. The van der Waals surface area contributed by atoms with Crippen LogP contribution >= 0.6 is 19.5 Å². The summed E-state index contributed by atoms with van der Waals surface area (Å²) in [5.41, 5.74) is 3.49. The number of halogens is 1. The van der Waals surface area contributed by atoms with Gasteiger partial charge in [-0.3, -0.25) is 0 Å². The second-order valence-corrected chi connectivity index (χ2v) is 9.55. The molecule has 4 rings (SSSR count). The van der Waals surface area contributed by atoms with Gasteiger partial charge in [-0.05, 0) is 0 Å². The van der Waals surface area contributed by atoms with Gasteiger partial charge in [0.15, 0.2) is 5.15 Å². The zero-order valence-electron chi connectivity index (χ0n) is 14.7. The van der Waals surface area contributed by atoms with Crippen LogP contribution in [0.3, 0.4) is 0 Å². The van der Waals surface area contributed by atoms with Gasteiger partial charge in [0.05, 0.1) is 0 Å². The molecule has 144 valence electrons. The SMILES string of the molecule is O[PH](O)(O)C[C@H]1CC[C@H](c2ccc(-n3cnc4c(Cl)ncnc43)cc2)CC1. The van der Waals surface area contributed by atoms with E-state index < -0.39 is 7.94 Å². The van der Waals surface area contributed by atoms with E-state index in [4.69, 9.17) is 11.6 Å². The first-order chi connectivity index (χ1) is 12.9. The molecule has 27 heavy (non-hydrogen) atoms. The van der Waals surface area contributed by atoms with Crippen LogP contribution < -0.4 is 0 Å². The molecule has 3 N–H and O–H groups in total. The maximum atomic E-state index is 9.29. The Bertz CT molecular complexity index is 934. The molecule has 3 aromatic rings. The van der Waals surface area contributed by atoms with E-state index in [1.165, 1.54) is 11.9 Å². The maximum absolute atomic E-state index is 9.29. The van der Waals surface area contributed by atoms with E-state index in [0.717, 1.165) is 31.4 Å². The van der Waals surface area contributed by atoms with Gasteiger partial charge in [0.2, 0.25) is 0 Å². The van der Waals surface area contributed by atoms with Crippen LogP contribution in [0, 0.1) is 5.92 Å². The van der Waals surface area contributed by atoms with Crippen molar-refractivity contribution in [3.05, 3.63) is 47.6 Å². The minimum absolute atomic E-state index is 0.150. The first-order valence-corrected chi connectivity index (χ1v) is 11.4. The van der Waals surface area contributed by atoms with Crippen molar-refractivity contribution in [3.8, 4) is 5.69 Å². The van der Waals surface area contributed by atoms with E-state index in [0.29, 0.717) is 22.2 Å². The van der Waals surface area contributed by atoms with Gasteiger partial charge in [-0.2, -0.15) is 0 Å². The molecule has 1 saturated carbocycles. The second-order valence-electron chi connectivity index (χ2n) is 7.24. The van der Waals surface area contributed by atoms with Crippen LogP contribution in [0.25, 0.3) is 16.9 Å². The Balaban J connectivity index is 1.47. The van der Waals surface area contributed by atoms with Gasteiger partial charge < -0.3 is 0 Å². The molecule has 2 aromatic heterocycles. The molecule has 0 aliphatic heterocycles. The molecular weight excluding hydrogens is 387 g/mol. The molecule has 1 fully saturated rings. The molecule has 0 spiro atoms. The molecule has 7 nitrogen and oxygen atoms in total. The van der Waals surface area contributed by atoms with Gasteiger partial charge in [-0.1, -0.05) is 11.6 Å². The van der Waals surface area contributed by atoms with Gasteiger partial charge in [-0.15, -0.1) is 0 Å². The normalized spacial score (nSPS) is 21.5. The fourth-order valence-electron chi connectivity index (χ4n) is 3.99. The van der Waals surface area contributed by atoms with E-state index in [-0.39, 0.29) is 12.1 Å². The molecule has 1 aromatic carbocycles. The zero-order chi connectivity index (χ0) is 19.0. The van der Waals surface area contributed by atoms with Crippen molar-refractivity contribution in [3.63, 3.8) is 0 Å². The molecule has 0 atom stereocenters. The Morgan fingerprint density at radius 2 is 1.70 bits per heavy atom. The van der Waals surface area contributed by atoms with E-state index in [2.05, 4.69) is 27.1 Å². The third kappa shape index (κ3) is 4.13. The van der Waals surface area contributed by atoms with Crippen LogP contribution in [-0.4, -0.2) is 40.4 Å². The monoisotopic (exact) mass is 408 g/mol. The van der Waals surface area contributed by atoms with Crippen LogP contribution in [0.4, 0.5) is 0 Å². The van der Waals surface area contributed by atoms with Crippen molar-refractivity contribution in [1.82, 2.24) is 19.5 Å². The van der Waals surface area contributed by atoms with Crippen molar-refractivity contribution in [2.45, 2.75) is 31.6 Å². The standard InChI is InChI=1S/C18H22ClN4O3P/c19-17-16-18(21-10-20-17)23(11-22-16)15-7-5-14(6-8-15)13-3-1-12(2-4-13)9-27(24,25)26/h5-8,10-13,24-27H,1-4,9H2/t12-,13-. The third-order valence-electron chi connectivity index (χ3n) is 5.34. The van der Waals surface area contributed by atoms with Gasteiger partial charge >= 0.3 is 134 Å². The Kier molecular flexibility index (Phi) is 5.14. The summed E-state index contributed by atoms with van der Waals surface area (Å²) < 4.78 is 1.89. The summed E-state index contributed by atoms with van der Waals surface area (Å²) in [5.74, 6) is 0.660. The average Bonchev–Trinajstić information content (AvgIpc) is 3.07. The third-order valence-corrected chi connectivity index (χ3v) is 6.74. The second kappa shape index (κ2) is 7.41. The summed E-state index contributed by atoms with van der Waals surface area (Å²) in [5, 5.41) is 0.341. The summed E-state index contributed by atoms with van der Waals surface area (Å²) in [6.07, 6.45) is 7.07. The van der Waals surface area contributed by atoms with Crippen LogP contribution in [0.5, 0.6) is 0 Å². The quantitative estimate of drug-likeness (QED) is 0.452. The fraction of sp³-hybridized carbons (Fsp3) is 0.389. The number of nitrogens with zero attached hydrogens (tertiary/aromatic N) is 4. The van der Waals surface area contributed by atoms with Gasteiger partial charge in [0.1, 0.15) is 6.33 Å². The topological polar surface area (TPSA) is 104 Å². The van der Waals surface area contributed by atoms with Crippen LogP contribution in [0.1, 0.15) is 37.2 Å². The summed E-state index contributed by atoms with van der Waals surface area (Å²) in [4.78, 5) is 40.4. The summed E-state index contributed by atoms with van der Waals surface area (Å²) >= 11 is 6.07. The number of fused-ring (bicyclic) bond motifs is 1. The molecule has 9 heteroatoms. The van der Waals surface area contributed by atoms with E-state index >= 15 is 0 Å². The minimum atomic E-state index is -3.94. The molecule has 1 aliphatic rings. The Morgan fingerprint density at radius 1 is 1.00 bits per heavy atom. The number of hydrogen-bond acceptors (Lipinski definition) is 6. The number of benzene rings is 1. The summed E-state index contributed by atoms with van der Waals surface area (Å²) in [6, 6.07) is 8.34. The van der Waals surface area contributed by atoms with Crippen molar-refractivity contribution in [2.75, 3.05) is 6.16 Å². The van der Waals surface area contributed by atoms with Gasteiger partial charge in [-0.25, -0.2) is 4.98 Å². The zero-order valence-corrected chi connectivity index (χ0v) is 16.4. The van der Waals surface area contributed by atoms with E-state index in [1.807, 2.05) is 16.7 Å². The van der Waals surface area contributed by atoms with E-state index in [1.54, 1.807) is 6.33 Å². The fourth-order valence-corrected chi connectivity index (χ4v) is 5.35. The average molecular weight is 409 g/mol. The number of hydrogen-bond donors (Lipinski definition) is 3. The van der Waals surface area contributed by atoms with Gasteiger partial charge in [0, 0.05) is 0 Å². The van der Waals surface area contributed by atoms with E-state index in [9.17, 15) is 14.7 Å². The van der Waals surface area contributed by atoms with Crippen molar-refractivity contribution in [2.24, 2.45) is 5.92 Å². The van der Waals surface area contributed by atoms with Crippen LogP contribution in [0.2, 0.25) is 5.15 Å². The van der Waals surface area contributed by atoms with Crippen molar-refractivity contribution >= 4 is 30.7 Å². The van der Waals surface area contributed by atoms with Crippen molar-refractivity contribution in [1.29, 1.82) is 0 Å². The van der Waals surface area contributed by atoms with Crippen molar-refractivity contribution < 1.29 is 14.7 Å². The molecular formula is C18H22ClN4O3P. The molecule has 2 heterocycles. The molecule has 0 saturated heterocycles. The molecule has 0 amide bonds. The Hall–Kier alpha value is -1.63.